The Labute approximate surface area is 86.8 Å². The largest absolute Gasteiger partial charge is 0.395 e. The molecule has 0 aromatic carbocycles. The van der Waals surface area contributed by atoms with Gasteiger partial charge in [-0.25, -0.2) is 13.1 Å². The predicted molar refractivity (Wildman–Crippen MR) is 57.5 cm³/mol. The lowest BCUT2D eigenvalue weighted by Gasteiger charge is -2.19. The molecule has 0 saturated heterocycles. The zero-order chi connectivity index (χ0) is 11.4. The normalized spacial score (nSPS) is 15.1. The van der Waals surface area contributed by atoms with Gasteiger partial charge in [0.25, 0.3) is 0 Å². The number of aliphatic hydroxyl groups excluding tert-OH is 1. The van der Waals surface area contributed by atoms with Crippen LogP contribution in [-0.2, 0) is 10.0 Å². The molecule has 14 heavy (non-hydrogen) atoms. The van der Waals surface area contributed by atoms with Crippen molar-refractivity contribution in [1.29, 1.82) is 0 Å². The quantitative estimate of drug-likeness (QED) is 0.697. The SMILES string of the molecule is CC(C)C[C@@H](CO)NS(=O)(=O)C(C)C. The van der Waals surface area contributed by atoms with Crippen LogP contribution in [0.25, 0.3) is 0 Å². The molecular weight excluding hydrogens is 202 g/mol. The highest BCUT2D eigenvalue weighted by molar-refractivity contribution is 7.90. The molecule has 0 fully saturated rings. The molecule has 0 heterocycles. The fourth-order valence-corrected chi connectivity index (χ4v) is 2.00. The molecule has 0 aromatic rings. The average Bonchev–Trinajstić information content (AvgIpc) is 2.01. The summed E-state index contributed by atoms with van der Waals surface area (Å²) in [5, 5.41) is 8.54. The minimum absolute atomic E-state index is 0.149. The monoisotopic (exact) mass is 223 g/mol. The molecule has 0 aliphatic carbocycles. The van der Waals surface area contributed by atoms with Crippen molar-refractivity contribution in [2.45, 2.75) is 45.4 Å². The van der Waals surface area contributed by atoms with E-state index in [-0.39, 0.29) is 12.6 Å². The van der Waals surface area contributed by atoms with E-state index < -0.39 is 15.3 Å². The Morgan fingerprint density at radius 3 is 2.00 bits per heavy atom. The highest BCUT2D eigenvalue weighted by Crippen LogP contribution is 2.07. The zero-order valence-electron chi connectivity index (χ0n) is 9.32. The molecule has 2 N–H and O–H groups in total. The van der Waals surface area contributed by atoms with Gasteiger partial charge in [-0.1, -0.05) is 13.8 Å². The molecule has 0 rings (SSSR count). The lowest BCUT2D eigenvalue weighted by Crippen LogP contribution is -2.41. The fourth-order valence-electron chi connectivity index (χ4n) is 1.10. The average molecular weight is 223 g/mol. The Morgan fingerprint density at radius 2 is 1.71 bits per heavy atom. The molecular formula is C9H21NO3S. The molecule has 0 radical (unpaired) electrons. The van der Waals surface area contributed by atoms with E-state index in [9.17, 15) is 8.42 Å². The molecule has 0 bridgehead atoms. The van der Waals surface area contributed by atoms with E-state index in [2.05, 4.69) is 4.72 Å². The van der Waals surface area contributed by atoms with Crippen LogP contribution in [0, 0.1) is 5.92 Å². The first kappa shape index (κ1) is 13.9. The summed E-state index contributed by atoms with van der Waals surface area (Å²) in [5.74, 6) is 0.363. The van der Waals surface area contributed by atoms with Gasteiger partial charge in [-0.2, -0.15) is 0 Å². The third kappa shape index (κ3) is 4.93. The van der Waals surface area contributed by atoms with Crippen molar-refractivity contribution in [3.05, 3.63) is 0 Å². The van der Waals surface area contributed by atoms with E-state index in [4.69, 9.17) is 5.11 Å². The van der Waals surface area contributed by atoms with Crippen molar-refractivity contribution in [2.75, 3.05) is 6.61 Å². The van der Waals surface area contributed by atoms with Crippen LogP contribution >= 0.6 is 0 Å². The third-order valence-corrected chi connectivity index (χ3v) is 3.83. The molecule has 1 atom stereocenters. The summed E-state index contributed by atoms with van der Waals surface area (Å²) in [6, 6.07) is -0.359. The third-order valence-electron chi connectivity index (χ3n) is 1.93. The van der Waals surface area contributed by atoms with Crippen molar-refractivity contribution >= 4 is 10.0 Å². The van der Waals surface area contributed by atoms with Gasteiger partial charge in [-0.15, -0.1) is 0 Å². The van der Waals surface area contributed by atoms with Crippen molar-refractivity contribution in [3.63, 3.8) is 0 Å². The Bertz CT molecular complexity index is 247. The number of rotatable bonds is 6. The summed E-state index contributed by atoms with van der Waals surface area (Å²) in [7, 11) is -3.27. The van der Waals surface area contributed by atoms with E-state index >= 15 is 0 Å². The molecule has 4 nitrogen and oxygen atoms in total. The molecule has 86 valence electrons. The van der Waals surface area contributed by atoms with Gasteiger partial charge in [0.05, 0.1) is 11.9 Å². The highest BCUT2D eigenvalue weighted by Gasteiger charge is 2.21. The zero-order valence-corrected chi connectivity index (χ0v) is 10.1. The van der Waals surface area contributed by atoms with Crippen LogP contribution in [0.4, 0.5) is 0 Å². The summed E-state index contributed by atoms with van der Waals surface area (Å²) in [5.41, 5.74) is 0. The van der Waals surface area contributed by atoms with Gasteiger partial charge >= 0.3 is 0 Å². The van der Waals surface area contributed by atoms with Gasteiger partial charge in [0.2, 0.25) is 10.0 Å². The second-order valence-corrected chi connectivity index (χ2v) is 6.49. The number of aliphatic hydroxyl groups is 1. The summed E-state index contributed by atoms with van der Waals surface area (Å²) in [4.78, 5) is 0. The van der Waals surface area contributed by atoms with E-state index in [0.29, 0.717) is 12.3 Å². The summed E-state index contributed by atoms with van der Waals surface area (Å²) >= 11 is 0. The van der Waals surface area contributed by atoms with Crippen molar-refractivity contribution < 1.29 is 13.5 Å². The summed E-state index contributed by atoms with van der Waals surface area (Å²) in [6.45, 7) is 7.07. The van der Waals surface area contributed by atoms with Crippen molar-refractivity contribution in [2.24, 2.45) is 5.92 Å². The van der Waals surface area contributed by atoms with Crippen LogP contribution < -0.4 is 4.72 Å². The molecule has 0 aliphatic rings. The van der Waals surface area contributed by atoms with Gasteiger partial charge in [-0.05, 0) is 26.2 Å². The van der Waals surface area contributed by atoms with Gasteiger partial charge in [0.1, 0.15) is 0 Å². The van der Waals surface area contributed by atoms with Crippen LogP contribution in [-0.4, -0.2) is 31.4 Å². The first-order chi connectivity index (χ1) is 6.29. The number of hydrogen-bond acceptors (Lipinski definition) is 3. The van der Waals surface area contributed by atoms with E-state index in [0.717, 1.165) is 0 Å². The fraction of sp³-hybridized carbons (Fsp3) is 1.00. The van der Waals surface area contributed by atoms with Crippen LogP contribution in [0.5, 0.6) is 0 Å². The van der Waals surface area contributed by atoms with Crippen LogP contribution in [0.3, 0.4) is 0 Å². The van der Waals surface area contributed by atoms with Gasteiger partial charge in [0, 0.05) is 6.04 Å². The topological polar surface area (TPSA) is 66.4 Å². The van der Waals surface area contributed by atoms with Gasteiger partial charge in [-0.3, -0.25) is 0 Å². The molecule has 0 amide bonds. The Kier molecular flexibility index (Phi) is 5.63. The molecule has 0 saturated carbocycles. The maximum atomic E-state index is 11.5. The molecule has 0 spiro atoms. The van der Waals surface area contributed by atoms with Crippen LogP contribution in [0.2, 0.25) is 0 Å². The predicted octanol–water partition coefficient (Wildman–Crippen LogP) is 0.721. The first-order valence-electron chi connectivity index (χ1n) is 4.91. The van der Waals surface area contributed by atoms with E-state index in [1.807, 2.05) is 13.8 Å². The minimum Gasteiger partial charge on any atom is -0.395 e. The number of nitrogens with one attached hydrogen (secondary N) is 1. The maximum Gasteiger partial charge on any atom is 0.214 e. The molecule has 0 aliphatic heterocycles. The Hall–Kier alpha value is -0.130. The molecule has 5 heteroatoms. The Balaban J connectivity index is 4.32. The number of sulfonamides is 1. The first-order valence-corrected chi connectivity index (χ1v) is 6.46. The summed E-state index contributed by atoms with van der Waals surface area (Å²) < 4.78 is 25.4. The Morgan fingerprint density at radius 1 is 1.21 bits per heavy atom. The summed E-state index contributed by atoms with van der Waals surface area (Å²) in [6.07, 6.45) is 0.655. The highest BCUT2D eigenvalue weighted by atomic mass is 32.2. The smallest absolute Gasteiger partial charge is 0.214 e. The lowest BCUT2D eigenvalue weighted by atomic mass is 10.1. The van der Waals surface area contributed by atoms with Gasteiger partial charge in [0.15, 0.2) is 0 Å². The number of hydrogen-bond donors (Lipinski definition) is 2. The lowest BCUT2D eigenvalue weighted by molar-refractivity contribution is 0.239. The van der Waals surface area contributed by atoms with Crippen LogP contribution in [0.15, 0.2) is 0 Å². The second-order valence-electron chi connectivity index (χ2n) is 4.22. The molecule has 0 unspecified atom stereocenters. The van der Waals surface area contributed by atoms with Crippen molar-refractivity contribution in [3.8, 4) is 0 Å². The standard InChI is InChI=1S/C9H21NO3S/c1-7(2)5-9(6-11)10-14(12,13)8(3)4/h7-11H,5-6H2,1-4H3/t9-/m0/s1. The van der Waals surface area contributed by atoms with Crippen LogP contribution in [0.1, 0.15) is 34.1 Å². The maximum absolute atomic E-state index is 11.5. The van der Waals surface area contributed by atoms with E-state index in [1.54, 1.807) is 13.8 Å². The molecule has 0 aromatic heterocycles. The van der Waals surface area contributed by atoms with Gasteiger partial charge < -0.3 is 5.11 Å². The van der Waals surface area contributed by atoms with Crippen molar-refractivity contribution in [1.82, 2.24) is 4.72 Å². The van der Waals surface area contributed by atoms with E-state index in [1.165, 1.54) is 0 Å². The minimum atomic E-state index is -3.27. The second kappa shape index (κ2) is 5.68.